The highest BCUT2D eigenvalue weighted by Crippen LogP contribution is 2.48. The van der Waals surface area contributed by atoms with Gasteiger partial charge in [0.25, 0.3) is 5.91 Å². The predicted octanol–water partition coefficient (Wildman–Crippen LogP) is 1.10. The standard InChI is InChI=1S/C18H20N4O3S/c1-26-11-3-2-10-6-13(20-12(10)7-11)16(24)21-14-4-5-18(14)8-22(9-18)17(25)15(19)23/h2-3,6-7,14,20H,4-5,8-9H2,1H3,(H2,19,23)(H,21,24). The lowest BCUT2D eigenvalue weighted by molar-refractivity contribution is -0.160. The largest absolute Gasteiger partial charge is 0.361 e. The second kappa shape index (κ2) is 6.05. The molecule has 4 N–H and O–H groups in total. The van der Waals surface area contributed by atoms with Crippen molar-refractivity contribution in [3.63, 3.8) is 0 Å². The number of H-pyrrole nitrogens is 1. The maximum absolute atomic E-state index is 12.6. The first-order valence-corrected chi connectivity index (χ1v) is 9.71. The van der Waals surface area contributed by atoms with E-state index in [9.17, 15) is 14.4 Å². The molecule has 136 valence electrons. The highest BCUT2D eigenvalue weighted by Gasteiger charge is 2.56. The summed E-state index contributed by atoms with van der Waals surface area (Å²) in [6.07, 6.45) is 3.82. The van der Waals surface area contributed by atoms with Gasteiger partial charge in [-0.15, -0.1) is 11.8 Å². The lowest BCUT2D eigenvalue weighted by Crippen LogP contribution is -2.72. The van der Waals surface area contributed by atoms with E-state index in [0.29, 0.717) is 18.8 Å². The fraction of sp³-hybridized carbons (Fsp3) is 0.389. The minimum absolute atomic E-state index is 0.0140. The molecule has 1 unspecified atom stereocenters. The zero-order valence-corrected chi connectivity index (χ0v) is 15.2. The number of rotatable bonds is 3. The van der Waals surface area contributed by atoms with Gasteiger partial charge >= 0.3 is 11.8 Å². The molecule has 1 spiro atoms. The zero-order chi connectivity index (χ0) is 18.5. The minimum atomic E-state index is -0.928. The van der Waals surface area contributed by atoms with E-state index in [0.717, 1.165) is 28.6 Å². The first kappa shape index (κ1) is 17.0. The molecule has 2 fully saturated rings. The summed E-state index contributed by atoms with van der Waals surface area (Å²) >= 11 is 1.65. The van der Waals surface area contributed by atoms with Crippen LogP contribution in [0.3, 0.4) is 0 Å². The van der Waals surface area contributed by atoms with Crippen molar-refractivity contribution in [2.24, 2.45) is 11.1 Å². The van der Waals surface area contributed by atoms with Crippen LogP contribution < -0.4 is 11.1 Å². The number of thioether (sulfide) groups is 1. The van der Waals surface area contributed by atoms with Crippen LogP contribution in [-0.2, 0) is 9.59 Å². The molecule has 26 heavy (non-hydrogen) atoms. The topological polar surface area (TPSA) is 108 Å². The van der Waals surface area contributed by atoms with Crippen molar-refractivity contribution in [2.45, 2.75) is 23.8 Å². The minimum Gasteiger partial charge on any atom is -0.361 e. The van der Waals surface area contributed by atoms with Gasteiger partial charge in [0.1, 0.15) is 5.69 Å². The van der Waals surface area contributed by atoms with Crippen LogP contribution in [-0.4, -0.2) is 53.0 Å². The fourth-order valence-electron chi connectivity index (χ4n) is 3.91. The summed E-state index contributed by atoms with van der Waals surface area (Å²) in [5.74, 6) is -1.72. The summed E-state index contributed by atoms with van der Waals surface area (Å²) in [7, 11) is 0. The molecular weight excluding hydrogens is 352 g/mol. The van der Waals surface area contributed by atoms with E-state index < -0.39 is 11.8 Å². The molecule has 2 aromatic rings. The van der Waals surface area contributed by atoms with Crippen LogP contribution in [0.4, 0.5) is 0 Å². The molecule has 1 atom stereocenters. The number of nitrogens with one attached hydrogen (secondary N) is 2. The summed E-state index contributed by atoms with van der Waals surface area (Å²) in [5, 5.41) is 4.07. The van der Waals surface area contributed by atoms with Crippen LogP contribution in [0.5, 0.6) is 0 Å². The average molecular weight is 372 g/mol. The van der Waals surface area contributed by atoms with Crippen LogP contribution >= 0.6 is 11.8 Å². The van der Waals surface area contributed by atoms with Crippen LogP contribution in [0, 0.1) is 5.41 Å². The third-order valence-electron chi connectivity index (χ3n) is 5.56. The Morgan fingerprint density at radius 1 is 1.31 bits per heavy atom. The van der Waals surface area contributed by atoms with Crippen LogP contribution in [0.2, 0.25) is 0 Å². The maximum Gasteiger partial charge on any atom is 0.311 e. The predicted molar refractivity (Wildman–Crippen MR) is 98.8 cm³/mol. The Labute approximate surface area is 154 Å². The molecule has 4 rings (SSSR count). The molecule has 3 amide bonds. The number of aromatic nitrogens is 1. The van der Waals surface area contributed by atoms with Crippen molar-refractivity contribution in [1.82, 2.24) is 15.2 Å². The normalized spacial score (nSPS) is 20.5. The van der Waals surface area contributed by atoms with E-state index in [2.05, 4.69) is 10.3 Å². The number of hydrogen-bond acceptors (Lipinski definition) is 4. The lowest BCUT2D eigenvalue weighted by atomic mass is 9.59. The quantitative estimate of drug-likeness (QED) is 0.554. The van der Waals surface area contributed by atoms with Crippen molar-refractivity contribution >= 4 is 40.4 Å². The summed E-state index contributed by atoms with van der Waals surface area (Å²) in [6, 6.07) is 7.92. The zero-order valence-electron chi connectivity index (χ0n) is 14.4. The van der Waals surface area contributed by atoms with E-state index in [1.807, 2.05) is 30.5 Å². The molecule has 1 aromatic heterocycles. The Hall–Kier alpha value is -2.48. The molecule has 1 aliphatic heterocycles. The smallest absolute Gasteiger partial charge is 0.311 e. The lowest BCUT2D eigenvalue weighted by Gasteiger charge is -2.60. The number of carbonyl (C=O) groups excluding carboxylic acids is 3. The molecule has 7 nitrogen and oxygen atoms in total. The van der Waals surface area contributed by atoms with Gasteiger partial charge in [0.2, 0.25) is 0 Å². The van der Waals surface area contributed by atoms with Crippen molar-refractivity contribution in [2.75, 3.05) is 19.3 Å². The Morgan fingerprint density at radius 2 is 2.08 bits per heavy atom. The first-order valence-electron chi connectivity index (χ1n) is 8.48. The second-order valence-corrected chi connectivity index (χ2v) is 7.97. The number of primary amides is 1. The summed E-state index contributed by atoms with van der Waals surface area (Å²) < 4.78 is 0. The number of likely N-dealkylation sites (tertiary alicyclic amines) is 1. The van der Waals surface area contributed by atoms with E-state index >= 15 is 0 Å². The van der Waals surface area contributed by atoms with Crippen LogP contribution in [0.1, 0.15) is 23.3 Å². The SMILES string of the molecule is CSc1ccc2cc(C(=O)NC3CCC34CN(C(=O)C(N)=O)C4)[nH]c2c1. The van der Waals surface area contributed by atoms with Gasteiger partial charge in [0.05, 0.1) is 0 Å². The Bertz CT molecular complexity index is 916. The maximum atomic E-state index is 12.6. The van der Waals surface area contributed by atoms with Crippen LogP contribution in [0.25, 0.3) is 10.9 Å². The number of nitrogens with zero attached hydrogens (tertiary/aromatic N) is 1. The molecule has 1 aromatic carbocycles. The average Bonchev–Trinajstić information content (AvgIpc) is 3.00. The highest BCUT2D eigenvalue weighted by atomic mass is 32.2. The Morgan fingerprint density at radius 3 is 2.69 bits per heavy atom. The second-order valence-electron chi connectivity index (χ2n) is 7.09. The summed E-state index contributed by atoms with van der Waals surface area (Å²) in [6.45, 7) is 0.951. The number of hydrogen-bond donors (Lipinski definition) is 3. The van der Waals surface area contributed by atoms with Gasteiger partial charge in [-0.25, -0.2) is 0 Å². The Kier molecular flexibility index (Phi) is 3.95. The van der Waals surface area contributed by atoms with E-state index in [1.54, 1.807) is 11.8 Å². The molecule has 2 heterocycles. The van der Waals surface area contributed by atoms with E-state index in [-0.39, 0.29) is 17.4 Å². The van der Waals surface area contributed by atoms with Crippen molar-refractivity contribution in [3.8, 4) is 0 Å². The number of nitrogens with two attached hydrogens (primary N) is 1. The van der Waals surface area contributed by atoms with Gasteiger partial charge in [-0.2, -0.15) is 0 Å². The summed E-state index contributed by atoms with van der Waals surface area (Å²) in [5.41, 5.74) is 6.39. The van der Waals surface area contributed by atoms with Crippen LogP contribution in [0.15, 0.2) is 29.2 Å². The fourth-order valence-corrected chi connectivity index (χ4v) is 4.35. The number of benzene rings is 1. The molecule has 1 saturated carbocycles. The number of aromatic amines is 1. The van der Waals surface area contributed by atoms with Gasteiger partial charge in [0, 0.05) is 40.3 Å². The summed E-state index contributed by atoms with van der Waals surface area (Å²) in [4.78, 5) is 41.0. The third kappa shape index (κ3) is 2.65. The monoisotopic (exact) mass is 372 g/mol. The first-order chi connectivity index (χ1) is 12.4. The van der Waals surface area contributed by atoms with Crippen molar-refractivity contribution < 1.29 is 14.4 Å². The molecule has 2 aliphatic rings. The number of fused-ring (bicyclic) bond motifs is 1. The number of amides is 3. The van der Waals surface area contributed by atoms with E-state index in [4.69, 9.17) is 5.73 Å². The van der Waals surface area contributed by atoms with Crippen molar-refractivity contribution in [1.29, 1.82) is 0 Å². The van der Waals surface area contributed by atoms with Gasteiger partial charge in [0.15, 0.2) is 0 Å². The molecule has 0 bridgehead atoms. The molecule has 0 radical (unpaired) electrons. The van der Waals surface area contributed by atoms with Gasteiger partial charge in [-0.05, 0) is 37.3 Å². The molecule has 8 heteroatoms. The van der Waals surface area contributed by atoms with Gasteiger partial charge in [-0.3, -0.25) is 14.4 Å². The Balaban J connectivity index is 1.43. The number of carbonyl (C=O) groups is 3. The highest BCUT2D eigenvalue weighted by molar-refractivity contribution is 7.98. The molecule has 1 saturated heterocycles. The molecular formula is C18H20N4O3S. The van der Waals surface area contributed by atoms with Gasteiger partial charge in [-0.1, -0.05) is 6.07 Å². The van der Waals surface area contributed by atoms with E-state index in [1.165, 1.54) is 4.90 Å². The third-order valence-corrected chi connectivity index (χ3v) is 6.28. The van der Waals surface area contributed by atoms with Gasteiger partial charge < -0.3 is 20.9 Å². The molecule has 1 aliphatic carbocycles. The van der Waals surface area contributed by atoms with Crippen molar-refractivity contribution in [3.05, 3.63) is 30.0 Å².